The van der Waals surface area contributed by atoms with E-state index in [1.54, 1.807) is 35.6 Å². The molecule has 0 aliphatic carbocycles. The van der Waals surface area contributed by atoms with Gasteiger partial charge in [0.2, 0.25) is 0 Å². The Morgan fingerprint density at radius 3 is 2.37 bits per heavy atom. The lowest BCUT2D eigenvalue weighted by atomic mass is 10.2. The third-order valence-electron chi connectivity index (χ3n) is 2.15. The minimum absolute atomic E-state index is 0.297. The van der Waals surface area contributed by atoms with Crippen LogP contribution < -0.4 is 5.32 Å². The predicted molar refractivity (Wildman–Crippen MR) is 63.9 cm³/mol. The third kappa shape index (κ3) is 4.71. The second-order valence-corrected chi connectivity index (χ2v) is 5.37. The van der Waals surface area contributed by atoms with Crippen LogP contribution in [0.3, 0.4) is 0 Å². The Morgan fingerprint density at radius 2 is 1.89 bits per heavy atom. The van der Waals surface area contributed by atoms with Gasteiger partial charge in [0.1, 0.15) is 0 Å². The zero-order valence-corrected chi connectivity index (χ0v) is 10.7. The van der Waals surface area contributed by atoms with Crippen molar-refractivity contribution >= 4 is 13.6 Å². The standard InChI is InChI=1S/C10H14NO7P/c12-9(13)6-11-10(14,19(15,16)17)18-7-8-4-2-1-3-5-8/h1-5,11,14H,6-7H2,(H,12,13)(H2,15,16,17). The molecule has 19 heavy (non-hydrogen) atoms. The van der Waals surface area contributed by atoms with Crippen LogP contribution in [0.1, 0.15) is 5.56 Å². The summed E-state index contributed by atoms with van der Waals surface area (Å²) >= 11 is 0. The van der Waals surface area contributed by atoms with Gasteiger partial charge in [-0.2, -0.15) is 0 Å². The first-order valence-corrected chi connectivity index (χ1v) is 6.78. The van der Waals surface area contributed by atoms with E-state index in [9.17, 15) is 14.5 Å². The molecule has 0 bridgehead atoms. The smallest absolute Gasteiger partial charge is 0.401 e. The van der Waals surface area contributed by atoms with E-state index < -0.39 is 25.8 Å². The normalized spacial score (nSPS) is 14.9. The zero-order chi connectivity index (χ0) is 14.5. The Morgan fingerprint density at radius 1 is 1.32 bits per heavy atom. The fraction of sp³-hybridized carbons (Fsp3) is 0.300. The van der Waals surface area contributed by atoms with Crippen molar-refractivity contribution in [2.75, 3.05) is 6.54 Å². The van der Waals surface area contributed by atoms with E-state index in [1.807, 2.05) is 0 Å². The van der Waals surface area contributed by atoms with Crippen molar-refractivity contribution in [3.63, 3.8) is 0 Å². The summed E-state index contributed by atoms with van der Waals surface area (Å²) in [5.74, 6) is -1.39. The van der Waals surface area contributed by atoms with Crippen molar-refractivity contribution in [3.05, 3.63) is 35.9 Å². The Kier molecular flexibility index (Phi) is 5.19. The van der Waals surface area contributed by atoms with Gasteiger partial charge in [-0.3, -0.25) is 9.36 Å². The second-order valence-electron chi connectivity index (χ2n) is 3.67. The lowest BCUT2D eigenvalue weighted by molar-refractivity contribution is -0.183. The maximum atomic E-state index is 11.2. The first kappa shape index (κ1) is 15.8. The van der Waals surface area contributed by atoms with Gasteiger partial charge >= 0.3 is 19.2 Å². The number of rotatable bonds is 7. The van der Waals surface area contributed by atoms with Crippen molar-refractivity contribution in [2.24, 2.45) is 0 Å². The lowest BCUT2D eigenvalue weighted by Gasteiger charge is -2.28. The van der Waals surface area contributed by atoms with Crippen LogP contribution in [0.4, 0.5) is 0 Å². The van der Waals surface area contributed by atoms with Crippen molar-refractivity contribution in [2.45, 2.75) is 12.3 Å². The lowest BCUT2D eigenvalue weighted by Crippen LogP contribution is -2.49. The zero-order valence-electron chi connectivity index (χ0n) is 9.76. The quantitative estimate of drug-likeness (QED) is 0.340. The summed E-state index contributed by atoms with van der Waals surface area (Å²) in [6.07, 6.45) is 0. The van der Waals surface area contributed by atoms with Gasteiger partial charge < -0.3 is 24.7 Å². The SMILES string of the molecule is O=C(O)CNC(O)(OCc1ccccc1)P(=O)(O)O. The molecule has 1 atom stereocenters. The average Bonchev–Trinajstić information content (AvgIpc) is 2.34. The Hall–Kier alpha value is -1.28. The van der Waals surface area contributed by atoms with Crippen LogP contribution >= 0.6 is 7.60 Å². The molecule has 0 spiro atoms. The molecule has 106 valence electrons. The number of aliphatic hydroxyl groups is 1. The minimum Gasteiger partial charge on any atom is -0.480 e. The van der Waals surface area contributed by atoms with Crippen molar-refractivity contribution in [1.82, 2.24) is 5.32 Å². The summed E-state index contributed by atoms with van der Waals surface area (Å²) < 4.78 is 15.9. The molecular weight excluding hydrogens is 277 g/mol. The molecule has 0 amide bonds. The molecule has 0 saturated carbocycles. The molecule has 0 fully saturated rings. The highest BCUT2D eigenvalue weighted by Gasteiger charge is 2.47. The third-order valence-corrected chi connectivity index (χ3v) is 3.22. The van der Waals surface area contributed by atoms with Crippen molar-refractivity contribution in [3.8, 4) is 0 Å². The van der Waals surface area contributed by atoms with Crippen LogP contribution in [0.2, 0.25) is 0 Å². The number of hydrogen-bond donors (Lipinski definition) is 5. The largest absolute Gasteiger partial charge is 0.480 e. The minimum atomic E-state index is -5.12. The van der Waals surface area contributed by atoms with Crippen LogP contribution in [0.25, 0.3) is 0 Å². The van der Waals surface area contributed by atoms with E-state index in [2.05, 4.69) is 0 Å². The van der Waals surface area contributed by atoms with E-state index in [0.717, 1.165) is 0 Å². The number of ether oxygens (including phenoxy) is 1. The van der Waals surface area contributed by atoms with E-state index in [1.165, 1.54) is 0 Å². The molecule has 0 aliphatic heterocycles. The summed E-state index contributed by atoms with van der Waals surface area (Å²) in [6.45, 7) is -1.16. The van der Waals surface area contributed by atoms with Gasteiger partial charge in [0.15, 0.2) is 0 Å². The van der Waals surface area contributed by atoms with Gasteiger partial charge in [-0.1, -0.05) is 30.3 Å². The summed E-state index contributed by atoms with van der Waals surface area (Å²) in [7, 11) is -5.12. The molecule has 0 aliphatic rings. The number of aliphatic carboxylic acids is 1. The molecule has 0 saturated heterocycles. The first-order chi connectivity index (χ1) is 8.74. The number of hydrogen-bond acceptors (Lipinski definition) is 5. The molecule has 0 radical (unpaired) electrons. The Labute approximate surface area is 108 Å². The molecule has 1 unspecified atom stereocenters. The number of benzene rings is 1. The van der Waals surface area contributed by atoms with Crippen LogP contribution in [0, 0.1) is 0 Å². The molecule has 1 aromatic rings. The van der Waals surface area contributed by atoms with Gasteiger partial charge in [-0.05, 0) is 5.56 Å². The molecule has 5 N–H and O–H groups in total. The second kappa shape index (κ2) is 6.25. The molecule has 0 heterocycles. The predicted octanol–water partition coefficient (Wildman–Crippen LogP) is -0.341. The highest BCUT2D eigenvalue weighted by molar-refractivity contribution is 7.53. The van der Waals surface area contributed by atoms with Gasteiger partial charge in [0.25, 0.3) is 0 Å². The monoisotopic (exact) mass is 291 g/mol. The van der Waals surface area contributed by atoms with Gasteiger partial charge in [-0.25, -0.2) is 5.32 Å². The molecule has 0 aromatic heterocycles. The topological polar surface area (TPSA) is 136 Å². The Bertz CT molecular complexity index is 474. The van der Waals surface area contributed by atoms with E-state index in [-0.39, 0.29) is 6.61 Å². The molecule has 9 heteroatoms. The molecular formula is C10H14NO7P. The highest BCUT2D eigenvalue weighted by atomic mass is 31.2. The van der Waals surface area contributed by atoms with E-state index in [0.29, 0.717) is 5.56 Å². The number of nitrogens with one attached hydrogen (secondary N) is 1. The maximum Gasteiger partial charge on any atom is 0.401 e. The molecule has 1 aromatic carbocycles. The van der Waals surface area contributed by atoms with Crippen LogP contribution in [0.15, 0.2) is 30.3 Å². The van der Waals surface area contributed by atoms with Gasteiger partial charge in [-0.15, -0.1) is 0 Å². The van der Waals surface area contributed by atoms with Crippen LogP contribution in [-0.2, 0) is 20.7 Å². The first-order valence-electron chi connectivity index (χ1n) is 5.17. The van der Waals surface area contributed by atoms with Gasteiger partial charge in [0.05, 0.1) is 13.2 Å². The Balaban J connectivity index is 2.75. The highest BCUT2D eigenvalue weighted by Crippen LogP contribution is 2.47. The summed E-state index contributed by atoms with van der Waals surface area (Å²) in [5, 5.41) is 19.9. The molecule has 8 nitrogen and oxygen atoms in total. The maximum absolute atomic E-state index is 11.2. The van der Waals surface area contributed by atoms with Crippen LogP contribution in [-0.4, -0.2) is 38.2 Å². The fourth-order valence-electron chi connectivity index (χ4n) is 1.19. The van der Waals surface area contributed by atoms with Crippen molar-refractivity contribution in [1.29, 1.82) is 0 Å². The average molecular weight is 291 g/mol. The fourth-order valence-corrected chi connectivity index (χ4v) is 1.70. The summed E-state index contributed by atoms with van der Waals surface area (Å²) in [4.78, 5) is 28.4. The number of carbonyl (C=O) groups is 1. The molecule has 1 rings (SSSR count). The van der Waals surface area contributed by atoms with Gasteiger partial charge in [0, 0.05) is 0 Å². The number of carboxylic acid groups (broad SMARTS) is 1. The number of carboxylic acids is 1. The van der Waals surface area contributed by atoms with E-state index >= 15 is 0 Å². The van der Waals surface area contributed by atoms with Crippen molar-refractivity contribution < 1.29 is 34.1 Å². The summed E-state index contributed by atoms with van der Waals surface area (Å²) in [6, 6.07) is 8.34. The van der Waals surface area contributed by atoms with E-state index in [4.69, 9.17) is 19.6 Å². The summed E-state index contributed by atoms with van der Waals surface area (Å²) in [5.41, 5.74) is -2.48. The van der Waals surface area contributed by atoms with Crippen LogP contribution in [0.5, 0.6) is 0 Å².